The lowest BCUT2D eigenvalue weighted by Crippen LogP contribution is -1.98. The number of aromatic nitrogens is 2. The number of rotatable bonds is 4. The van der Waals surface area contributed by atoms with Crippen molar-refractivity contribution in [3.05, 3.63) is 65.5 Å². The normalized spacial score (nSPS) is 11.0. The Labute approximate surface area is 132 Å². The van der Waals surface area contributed by atoms with Gasteiger partial charge < -0.3 is 9.84 Å². The van der Waals surface area contributed by atoms with Crippen LogP contribution in [0.15, 0.2) is 48.8 Å². The van der Waals surface area contributed by atoms with E-state index in [0.717, 1.165) is 11.1 Å². The van der Waals surface area contributed by atoms with Crippen LogP contribution in [0.2, 0.25) is 0 Å². The minimum absolute atomic E-state index is 0.247. The summed E-state index contributed by atoms with van der Waals surface area (Å²) in [5, 5.41) is 9.89. The Balaban J connectivity index is 1.94. The highest BCUT2D eigenvalue weighted by molar-refractivity contribution is 6.03. The molecule has 3 rings (SSSR count). The van der Waals surface area contributed by atoms with Crippen LogP contribution in [0, 0.1) is 0 Å². The molecule has 2 heterocycles. The van der Waals surface area contributed by atoms with Gasteiger partial charge in [0.2, 0.25) is 5.88 Å². The Bertz CT molecular complexity index is 886. The molecule has 5 heteroatoms. The van der Waals surface area contributed by atoms with E-state index >= 15 is 0 Å². The first kappa shape index (κ1) is 14.7. The smallest absolute Gasteiger partial charge is 0.336 e. The van der Waals surface area contributed by atoms with Gasteiger partial charge in [0, 0.05) is 23.8 Å². The zero-order chi connectivity index (χ0) is 16.2. The molecular formula is C18H14N2O3. The molecule has 2 aromatic heterocycles. The highest BCUT2D eigenvalue weighted by atomic mass is 16.5. The van der Waals surface area contributed by atoms with Crippen LogP contribution >= 0.6 is 0 Å². The molecule has 3 aromatic rings. The molecule has 0 aliphatic rings. The van der Waals surface area contributed by atoms with E-state index in [0.29, 0.717) is 16.8 Å². The second-order valence-electron chi connectivity index (χ2n) is 4.91. The quantitative estimate of drug-likeness (QED) is 0.798. The molecular weight excluding hydrogens is 292 g/mol. The maximum absolute atomic E-state index is 11.3. The molecule has 0 fully saturated rings. The lowest BCUT2D eigenvalue weighted by Gasteiger charge is -2.03. The Kier molecular flexibility index (Phi) is 4.01. The Morgan fingerprint density at radius 1 is 1.09 bits per heavy atom. The predicted octanol–water partition coefficient (Wildman–Crippen LogP) is 3.51. The third-order valence-corrected chi connectivity index (χ3v) is 3.43. The predicted molar refractivity (Wildman–Crippen MR) is 88.4 cm³/mol. The van der Waals surface area contributed by atoms with E-state index in [2.05, 4.69) is 9.97 Å². The fraction of sp³-hybridized carbons (Fsp3) is 0.0556. The molecule has 23 heavy (non-hydrogen) atoms. The van der Waals surface area contributed by atoms with Crippen molar-refractivity contribution in [3.8, 4) is 5.88 Å². The standard InChI is InChI=1S/C18H14N2O3/c1-23-17-7-5-13(11-20-17)3-2-12-4-6-16-15(10-12)14(18(21)22)8-9-19-16/h2-11H,1H3,(H,21,22). The van der Waals surface area contributed by atoms with E-state index in [4.69, 9.17) is 4.74 Å². The number of fused-ring (bicyclic) bond motifs is 1. The molecule has 0 atom stereocenters. The summed E-state index contributed by atoms with van der Waals surface area (Å²) in [5.41, 5.74) is 2.73. The van der Waals surface area contributed by atoms with Crippen molar-refractivity contribution in [2.24, 2.45) is 0 Å². The number of hydrogen-bond acceptors (Lipinski definition) is 4. The van der Waals surface area contributed by atoms with Crippen molar-refractivity contribution < 1.29 is 14.6 Å². The third-order valence-electron chi connectivity index (χ3n) is 3.43. The van der Waals surface area contributed by atoms with E-state index in [1.807, 2.05) is 36.4 Å². The molecule has 0 radical (unpaired) electrons. The molecule has 0 saturated carbocycles. The van der Waals surface area contributed by atoms with Crippen molar-refractivity contribution in [2.75, 3.05) is 7.11 Å². The zero-order valence-corrected chi connectivity index (χ0v) is 12.4. The molecule has 0 saturated heterocycles. The molecule has 5 nitrogen and oxygen atoms in total. The zero-order valence-electron chi connectivity index (χ0n) is 12.4. The number of aromatic carboxylic acids is 1. The minimum atomic E-state index is -0.960. The number of hydrogen-bond donors (Lipinski definition) is 1. The first-order valence-corrected chi connectivity index (χ1v) is 6.97. The van der Waals surface area contributed by atoms with Crippen molar-refractivity contribution in [1.82, 2.24) is 9.97 Å². The topological polar surface area (TPSA) is 72.3 Å². The van der Waals surface area contributed by atoms with Gasteiger partial charge in [-0.2, -0.15) is 0 Å². The highest BCUT2D eigenvalue weighted by Gasteiger charge is 2.08. The molecule has 0 bridgehead atoms. The van der Waals surface area contributed by atoms with Crippen LogP contribution < -0.4 is 4.74 Å². The van der Waals surface area contributed by atoms with Crippen molar-refractivity contribution in [1.29, 1.82) is 0 Å². The van der Waals surface area contributed by atoms with Gasteiger partial charge in [0.05, 0.1) is 18.2 Å². The SMILES string of the molecule is COc1ccc(C=Cc2ccc3nccc(C(=O)O)c3c2)cn1. The lowest BCUT2D eigenvalue weighted by molar-refractivity contribution is 0.0699. The van der Waals surface area contributed by atoms with Gasteiger partial charge in [0.1, 0.15) is 0 Å². The molecule has 0 aliphatic heterocycles. The Hall–Kier alpha value is -3.21. The average Bonchev–Trinajstić information content (AvgIpc) is 2.59. The molecule has 0 amide bonds. The van der Waals surface area contributed by atoms with Gasteiger partial charge in [-0.25, -0.2) is 9.78 Å². The number of carboxylic acids is 1. The second-order valence-corrected chi connectivity index (χ2v) is 4.91. The number of carboxylic acid groups (broad SMARTS) is 1. The number of carbonyl (C=O) groups is 1. The largest absolute Gasteiger partial charge is 0.481 e. The molecule has 1 N–H and O–H groups in total. The summed E-state index contributed by atoms with van der Waals surface area (Å²) in [4.78, 5) is 19.6. The molecule has 114 valence electrons. The maximum Gasteiger partial charge on any atom is 0.336 e. The van der Waals surface area contributed by atoms with Crippen molar-refractivity contribution >= 4 is 29.0 Å². The monoisotopic (exact) mass is 306 g/mol. The van der Waals surface area contributed by atoms with Crippen LogP contribution in [0.4, 0.5) is 0 Å². The van der Waals surface area contributed by atoms with E-state index in [-0.39, 0.29) is 5.56 Å². The summed E-state index contributed by atoms with van der Waals surface area (Å²) in [5.74, 6) is -0.400. The van der Waals surface area contributed by atoms with Crippen LogP contribution in [0.3, 0.4) is 0 Å². The summed E-state index contributed by atoms with van der Waals surface area (Å²) in [6.07, 6.45) is 7.02. The second kappa shape index (κ2) is 6.27. The van der Waals surface area contributed by atoms with Gasteiger partial charge in [-0.05, 0) is 35.4 Å². The number of ether oxygens (including phenoxy) is 1. The summed E-state index contributed by atoms with van der Waals surface area (Å²) >= 11 is 0. The fourth-order valence-electron chi connectivity index (χ4n) is 2.26. The van der Waals surface area contributed by atoms with Gasteiger partial charge in [0.15, 0.2) is 0 Å². The highest BCUT2D eigenvalue weighted by Crippen LogP contribution is 2.20. The van der Waals surface area contributed by atoms with Crippen molar-refractivity contribution in [3.63, 3.8) is 0 Å². The van der Waals surface area contributed by atoms with Gasteiger partial charge >= 0.3 is 5.97 Å². The number of pyridine rings is 2. The van der Waals surface area contributed by atoms with Gasteiger partial charge in [-0.15, -0.1) is 0 Å². The third kappa shape index (κ3) is 3.18. The van der Waals surface area contributed by atoms with Gasteiger partial charge in [0.25, 0.3) is 0 Å². The molecule has 1 aromatic carbocycles. The average molecular weight is 306 g/mol. The molecule has 0 aliphatic carbocycles. The first-order valence-electron chi connectivity index (χ1n) is 6.97. The van der Waals surface area contributed by atoms with Crippen LogP contribution in [0.5, 0.6) is 5.88 Å². The van der Waals surface area contributed by atoms with Crippen LogP contribution in [-0.2, 0) is 0 Å². The number of methoxy groups -OCH3 is 1. The number of benzene rings is 1. The first-order chi connectivity index (χ1) is 11.2. The minimum Gasteiger partial charge on any atom is -0.481 e. The van der Waals surface area contributed by atoms with E-state index < -0.39 is 5.97 Å². The fourth-order valence-corrected chi connectivity index (χ4v) is 2.26. The summed E-state index contributed by atoms with van der Waals surface area (Å²) in [7, 11) is 1.57. The summed E-state index contributed by atoms with van der Waals surface area (Å²) in [6, 6.07) is 10.7. The van der Waals surface area contributed by atoms with Crippen LogP contribution in [-0.4, -0.2) is 28.2 Å². The maximum atomic E-state index is 11.3. The van der Waals surface area contributed by atoms with Gasteiger partial charge in [-0.3, -0.25) is 4.98 Å². The van der Waals surface area contributed by atoms with Crippen molar-refractivity contribution in [2.45, 2.75) is 0 Å². The van der Waals surface area contributed by atoms with E-state index in [9.17, 15) is 9.90 Å². The van der Waals surface area contributed by atoms with Gasteiger partial charge in [-0.1, -0.05) is 18.2 Å². The molecule has 0 spiro atoms. The lowest BCUT2D eigenvalue weighted by atomic mass is 10.1. The van der Waals surface area contributed by atoms with Crippen LogP contribution in [0.1, 0.15) is 21.5 Å². The Morgan fingerprint density at radius 3 is 2.57 bits per heavy atom. The van der Waals surface area contributed by atoms with E-state index in [1.165, 1.54) is 12.3 Å². The summed E-state index contributed by atoms with van der Waals surface area (Å²) in [6.45, 7) is 0. The molecule has 0 unspecified atom stereocenters. The number of nitrogens with zero attached hydrogens (tertiary/aromatic N) is 2. The summed E-state index contributed by atoms with van der Waals surface area (Å²) < 4.78 is 5.02. The Morgan fingerprint density at radius 2 is 1.87 bits per heavy atom. The van der Waals surface area contributed by atoms with E-state index in [1.54, 1.807) is 19.4 Å². The van der Waals surface area contributed by atoms with Crippen LogP contribution in [0.25, 0.3) is 23.1 Å².